The first-order valence-electron chi connectivity index (χ1n) is 9.78. The highest BCUT2D eigenvalue weighted by Gasteiger charge is 2.36. The Balaban J connectivity index is 1.44. The second-order valence-corrected chi connectivity index (χ2v) is 7.15. The summed E-state index contributed by atoms with van der Waals surface area (Å²) in [6.45, 7) is 0.279. The largest absolute Gasteiger partial charge is 0.467 e. The number of hydrogen-bond donors (Lipinski definition) is 2. The normalized spacial score (nSPS) is 15.7. The molecule has 2 aromatic carbocycles. The van der Waals surface area contributed by atoms with Crippen molar-refractivity contribution >= 4 is 29.1 Å². The van der Waals surface area contributed by atoms with Crippen molar-refractivity contribution in [2.24, 2.45) is 5.92 Å². The zero-order valence-corrected chi connectivity index (χ0v) is 16.5. The van der Waals surface area contributed by atoms with Gasteiger partial charge in [0.25, 0.3) is 5.91 Å². The predicted molar refractivity (Wildman–Crippen MR) is 112 cm³/mol. The summed E-state index contributed by atoms with van der Waals surface area (Å²) in [7, 11) is 0. The molecule has 4 rings (SSSR count). The number of benzene rings is 2. The zero-order valence-electron chi connectivity index (χ0n) is 16.5. The van der Waals surface area contributed by atoms with E-state index in [2.05, 4.69) is 10.6 Å². The monoisotopic (exact) mass is 421 g/mol. The molecule has 0 spiro atoms. The number of hydrogen-bond acceptors (Lipinski definition) is 4. The Kier molecular flexibility index (Phi) is 5.79. The SMILES string of the molecule is O=C(NCc1ccco1)c1ccccc1NC(=O)[C@@H]1CC(=O)N(c2ccccc2F)C1. The maximum Gasteiger partial charge on any atom is 0.253 e. The molecule has 0 bridgehead atoms. The van der Waals surface area contributed by atoms with Gasteiger partial charge in [0.2, 0.25) is 11.8 Å². The van der Waals surface area contributed by atoms with Gasteiger partial charge in [0, 0.05) is 13.0 Å². The van der Waals surface area contributed by atoms with E-state index in [1.807, 2.05) is 0 Å². The molecule has 158 valence electrons. The van der Waals surface area contributed by atoms with E-state index < -0.39 is 17.6 Å². The number of para-hydroxylation sites is 2. The lowest BCUT2D eigenvalue weighted by atomic mass is 10.1. The average molecular weight is 421 g/mol. The van der Waals surface area contributed by atoms with Crippen LogP contribution in [0.25, 0.3) is 0 Å². The van der Waals surface area contributed by atoms with Gasteiger partial charge in [-0.3, -0.25) is 14.4 Å². The van der Waals surface area contributed by atoms with Gasteiger partial charge >= 0.3 is 0 Å². The Bertz CT molecular complexity index is 1110. The summed E-state index contributed by atoms with van der Waals surface area (Å²) in [5.41, 5.74) is 0.777. The van der Waals surface area contributed by atoms with Crippen molar-refractivity contribution in [2.75, 3.05) is 16.8 Å². The van der Waals surface area contributed by atoms with Crippen molar-refractivity contribution < 1.29 is 23.2 Å². The summed E-state index contributed by atoms with van der Waals surface area (Å²) in [6.07, 6.45) is 1.48. The molecule has 1 aliphatic heterocycles. The average Bonchev–Trinajstić information content (AvgIpc) is 3.42. The van der Waals surface area contributed by atoms with Gasteiger partial charge in [-0.25, -0.2) is 4.39 Å². The summed E-state index contributed by atoms with van der Waals surface area (Å²) in [6, 6.07) is 16.0. The van der Waals surface area contributed by atoms with Crippen molar-refractivity contribution in [3.8, 4) is 0 Å². The molecule has 0 radical (unpaired) electrons. The lowest BCUT2D eigenvalue weighted by Crippen LogP contribution is -2.29. The van der Waals surface area contributed by atoms with Crippen molar-refractivity contribution in [1.82, 2.24) is 5.32 Å². The number of furan rings is 1. The van der Waals surface area contributed by atoms with Crippen LogP contribution in [-0.2, 0) is 16.1 Å². The number of carbonyl (C=O) groups excluding carboxylic acids is 3. The van der Waals surface area contributed by atoms with Crippen LogP contribution in [0, 0.1) is 11.7 Å². The van der Waals surface area contributed by atoms with Crippen LogP contribution in [0.15, 0.2) is 71.3 Å². The number of carbonyl (C=O) groups is 3. The van der Waals surface area contributed by atoms with Crippen molar-refractivity contribution in [2.45, 2.75) is 13.0 Å². The molecule has 3 aromatic rings. The second-order valence-electron chi connectivity index (χ2n) is 7.15. The van der Waals surface area contributed by atoms with E-state index in [1.165, 1.54) is 29.4 Å². The Morgan fingerprint density at radius 3 is 2.61 bits per heavy atom. The number of anilines is 2. The van der Waals surface area contributed by atoms with Crippen LogP contribution in [0.3, 0.4) is 0 Å². The Morgan fingerprint density at radius 1 is 1.06 bits per heavy atom. The standard InChI is InChI=1S/C23H20FN3O4/c24-18-8-2-4-10-20(18)27-14-15(12-21(27)28)22(29)26-19-9-3-1-7-17(19)23(30)25-13-16-6-5-11-31-16/h1-11,15H,12-14H2,(H,25,30)(H,26,29)/t15-/m1/s1. The van der Waals surface area contributed by atoms with E-state index in [-0.39, 0.29) is 42.6 Å². The molecule has 7 nitrogen and oxygen atoms in total. The van der Waals surface area contributed by atoms with E-state index in [0.29, 0.717) is 11.4 Å². The Labute approximate surface area is 177 Å². The minimum Gasteiger partial charge on any atom is -0.467 e. The van der Waals surface area contributed by atoms with Gasteiger partial charge in [-0.15, -0.1) is 0 Å². The van der Waals surface area contributed by atoms with Gasteiger partial charge in [-0.05, 0) is 36.4 Å². The summed E-state index contributed by atoms with van der Waals surface area (Å²) in [5, 5.41) is 5.48. The molecular weight excluding hydrogens is 401 g/mol. The van der Waals surface area contributed by atoms with Gasteiger partial charge in [0.05, 0.1) is 35.7 Å². The topological polar surface area (TPSA) is 91.6 Å². The highest BCUT2D eigenvalue weighted by atomic mass is 19.1. The second kappa shape index (κ2) is 8.83. The van der Waals surface area contributed by atoms with Gasteiger partial charge in [-0.1, -0.05) is 24.3 Å². The van der Waals surface area contributed by atoms with Crippen LogP contribution in [0.2, 0.25) is 0 Å². The molecule has 0 unspecified atom stereocenters. The molecule has 31 heavy (non-hydrogen) atoms. The van der Waals surface area contributed by atoms with Gasteiger partial charge in [0.1, 0.15) is 11.6 Å². The fourth-order valence-corrected chi connectivity index (χ4v) is 3.49. The molecule has 1 fully saturated rings. The zero-order chi connectivity index (χ0) is 21.8. The lowest BCUT2D eigenvalue weighted by Gasteiger charge is -2.17. The van der Waals surface area contributed by atoms with Crippen LogP contribution < -0.4 is 15.5 Å². The predicted octanol–water partition coefficient (Wildman–Crippen LogP) is 3.34. The first kappa shape index (κ1) is 20.3. The fraction of sp³-hybridized carbons (Fsp3) is 0.174. The van der Waals surface area contributed by atoms with Crippen LogP contribution >= 0.6 is 0 Å². The van der Waals surface area contributed by atoms with Crippen LogP contribution in [0.5, 0.6) is 0 Å². The molecule has 0 saturated carbocycles. The first-order valence-corrected chi connectivity index (χ1v) is 9.78. The van der Waals surface area contributed by atoms with E-state index in [9.17, 15) is 18.8 Å². The summed E-state index contributed by atoms with van der Waals surface area (Å²) in [4.78, 5) is 39.0. The van der Waals surface area contributed by atoms with Crippen molar-refractivity contribution in [3.05, 3.63) is 84.1 Å². The number of halogens is 1. The van der Waals surface area contributed by atoms with Crippen molar-refractivity contribution in [1.29, 1.82) is 0 Å². The Morgan fingerprint density at radius 2 is 1.84 bits per heavy atom. The van der Waals surface area contributed by atoms with Crippen LogP contribution in [0.1, 0.15) is 22.5 Å². The molecule has 1 aliphatic rings. The van der Waals surface area contributed by atoms with Gasteiger partial charge in [-0.2, -0.15) is 0 Å². The summed E-state index contributed by atoms with van der Waals surface area (Å²) in [5.74, 6) is -1.68. The number of rotatable bonds is 6. The van der Waals surface area contributed by atoms with Crippen LogP contribution in [0.4, 0.5) is 15.8 Å². The van der Waals surface area contributed by atoms with Gasteiger partial charge in [0.15, 0.2) is 0 Å². The van der Waals surface area contributed by atoms with E-state index in [0.717, 1.165) is 0 Å². The molecule has 8 heteroatoms. The quantitative estimate of drug-likeness (QED) is 0.639. The molecule has 2 N–H and O–H groups in total. The minimum atomic E-state index is -0.661. The van der Waals surface area contributed by atoms with Crippen molar-refractivity contribution in [3.63, 3.8) is 0 Å². The molecule has 2 heterocycles. The molecule has 1 aromatic heterocycles. The third-order valence-electron chi connectivity index (χ3n) is 5.07. The highest BCUT2D eigenvalue weighted by molar-refractivity contribution is 6.07. The minimum absolute atomic E-state index is 0.0347. The molecular formula is C23H20FN3O4. The van der Waals surface area contributed by atoms with E-state index in [4.69, 9.17) is 4.42 Å². The van der Waals surface area contributed by atoms with E-state index >= 15 is 0 Å². The Hall–Kier alpha value is -3.94. The maximum absolute atomic E-state index is 14.1. The van der Waals surface area contributed by atoms with Gasteiger partial charge < -0.3 is 20.0 Å². The van der Waals surface area contributed by atoms with E-state index in [1.54, 1.807) is 42.5 Å². The molecule has 0 aliphatic carbocycles. The van der Waals surface area contributed by atoms with Crippen LogP contribution in [-0.4, -0.2) is 24.3 Å². The fourth-order valence-electron chi connectivity index (χ4n) is 3.49. The molecule has 1 atom stereocenters. The molecule has 3 amide bonds. The smallest absolute Gasteiger partial charge is 0.253 e. The summed E-state index contributed by atoms with van der Waals surface area (Å²) >= 11 is 0. The number of nitrogens with one attached hydrogen (secondary N) is 2. The third-order valence-corrected chi connectivity index (χ3v) is 5.07. The number of amides is 3. The maximum atomic E-state index is 14.1. The number of nitrogens with zero attached hydrogens (tertiary/aromatic N) is 1. The lowest BCUT2D eigenvalue weighted by molar-refractivity contribution is -0.122. The first-order chi connectivity index (χ1) is 15.0. The highest BCUT2D eigenvalue weighted by Crippen LogP contribution is 2.28. The summed E-state index contributed by atoms with van der Waals surface area (Å²) < 4.78 is 19.3. The third kappa shape index (κ3) is 4.48. The molecule has 1 saturated heterocycles.